The second kappa shape index (κ2) is 9.45. The zero-order valence-corrected chi connectivity index (χ0v) is 17.7. The van der Waals surface area contributed by atoms with Crippen LogP contribution in [0.5, 0.6) is 5.75 Å². The van der Waals surface area contributed by atoms with Crippen LogP contribution in [0.2, 0.25) is 10.0 Å². The number of nitrogens with one attached hydrogen (secondary N) is 1. The van der Waals surface area contributed by atoms with Gasteiger partial charge < -0.3 is 10.1 Å². The van der Waals surface area contributed by atoms with E-state index in [1.54, 1.807) is 12.1 Å². The van der Waals surface area contributed by atoms with E-state index in [1.807, 2.05) is 0 Å². The molecule has 0 unspecified atom stereocenters. The molecule has 0 atom stereocenters. The van der Waals surface area contributed by atoms with Gasteiger partial charge in [-0.3, -0.25) is 0 Å². The van der Waals surface area contributed by atoms with E-state index >= 15 is 0 Å². The molecule has 3 nitrogen and oxygen atoms in total. The van der Waals surface area contributed by atoms with Crippen molar-refractivity contribution in [2.45, 2.75) is 38.4 Å². The van der Waals surface area contributed by atoms with Gasteiger partial charge in [-0.2, -0.15) is 0 Å². The van der Waals surface area contributed by atoms with Crippen LogP contribution in [0.15, 0.2) is 23.1 Å². The summed E-state index contributed by atoms with van der Waals surface area (Å²) in [6.45, 7) is 11.9. The predicted molar refractivity (Wildman–Crippen MR) is 112 cm³/mol. The number of hydrogen-bond acceptors (Lipinski definition) is 4. The van der Waals surface area contributed by atoms with Crippen molar-refractivity contribution in [1.29, 1.82) is 0 Å². The Morgan fingerprint density at radius 1 is 1.42 bits per heavy atom. The van der Waals surface area contributed by atoms with Crippen molar-refractivity contribution in [3.05, 3.63) is 40.1 Å². The van der Waals surface area contributed by atoms with Crippen LogP contribution in [0.4, 0.5) is 4.39 Å². The zero-order valence-electron chi connectivity index (χ0n) is 15.4. The fourth-order valence-electron chi connectivity index (χ4n) is 2.68. The number of hydrogen-bond donors (Lipinski definition) is 1. The van der Waals surface area contributed by atoms with Crippen LogP contribution in [-0.4, -0.2) is 30.2 Å². The summed E-state index contributed by atoms with van der Waals surface area (Å²) < 4.78 is 25.2. The highest BCUT2D eigenvalue weighted by molar-refractivity contribution is 7.99. The molecule has 2 rings (SSSR count). The maximum Gasteiger partial charge on any atom is 0.185 e. The topological polar surface area (TPSA) is 33.6 Å². The van der Waals surface area contributed by atoms with Crippen molar-refractivity contribution >= 4 is 40.9 Å². The average molecular weight is 419 g/mol. The second-order valence-corrected chi connectivity index (χ2v) is 9.54. The third-order valence-corrected chi connectivity index (χ3v) is 5.48. The Morgan fingerprint density at radius 3 is 2.65 bits per heavy atom. The monoisotopic (exact) mass is 418 g/mol. The summed E-state index contributed by atoms with van der Waals surface area (Å²) in [5.74, 6) is -0.363. The summed E-state index contributed by atoms with van der Waals surface area (Å²) in [4.78, 5) is 0. The molecule has 1 aliphatic rings. The first-order valence-electron chi connectivity index (χ1n) is 8.63. The molecule has 0 bridgehead atoms. The molecule has 26 heavy (non-hydrogen) atoms. The number of nitrogens with zero attached hydrogens (tertiary/aromatic N) is 1. The molecule has 0 amide bonds. The summed E-state index contributed by atoms with van der Waals surface area (Å²) in [5.41, 5.74) is 1.38. The molecule has 0 aliphatic carbocycles. The van der Waals surface area contributed by atoms with Crippen LogP contribution in [-0.2, 0) is 0 Å². The van der Waals surface area contributed by atoms with Gasteiger partial charge in [-0.1, -0.05) is 35.9 Å². The number of ether oxygens (including phenoxy) is 1. The highest BCUT2D eigenvalue weighted by Crippen LogP contribution is 2.38. The molecule has 0 saturated carbocycles. The van der Waals surface area contributed by atoms with Gasteiger partial charge in [0.1, 0.15) is 6.61 Å². The van der Waals surface area contributed by atoms with Gasteiger partial charge in [0.25, 0.3) is 0 Å². The van der Waals surface area contributed by atoms with Gasteiger partial charge in [-0.15, -0.1) is 0 Å². The first-order chi connectivity index (χ1) is 12.2. The Balaban J connectivity index is 2.56. The van der Waals surface area contributed by atoms with E-state index in [9.17, 15) is 4.39 Å². The molecule has 1 heterocycles. The molecule has 1 saturated heterocycles. The van der Waals surface area contributed by atoms with E-state index in [0.717, 1.165) is 31.6 Å². The van der Waals surface area contributed by atoms with E-state index in [0.29, 0.717) is 5.56 Å². The molecule has 1 aliphatic heterocycles. The Bertz CT molecular complexity index is 683. The number of rotatable bonds is 6. The normalized spacial score (nSPS) is 16.6. The Labute approximate surface area is 169 Å². The first kappa shape index (κ1) is 21.5. The van der Waals surface area contributed by atoms with Gasteiger partial charge in [-0.25, -0.2) is 8.79 Å². The molecule has 144 valence electrons. The fraction of sp³-hybridized carbons (Fsp3) is 0.526. The zero-order chi connectivity index (χ0) is 19.3. The fourth-order valence-corrected chi connectivity index (χ4v) is 3.63. The van der Waals surface area contributed by atoms with Crippen molar-refractivity contribution in [2.24, 2.45) is 10.3 Å². The third kappa shape index (κ3) is 5.62. The van der Waals surface area contributed by atoms with Crippen LogP contribution in [0.3, 0.4) is 0 Å². The maximum atomic E-state index is 14.8. The molecule has 1 aromatic carbocycles. The van der Waals surface area contributed by atoms with Crippen LogP contribution in [0.1, 0.15) is 39.2 Å². The molecule has 0 spiro atoms. The number of piperidine rings is 1. The van der Waals surface area contributed by atoms with Crippen molar-refractivity contribution in [3.8, 4) is 5.75 Å². The molecule has 0 radical (unpaired) electrons. The smallest absolute Gasteiger partial charge is 0.185 e. The van der Waals surface area contributed by atoms with Crippen LogP contribution in [0.25, 0.3) is 0 Å². The standard InChI is InChI=1S/C19H25Cl2FN2OS/c1-5-10-25-18-13(11-14(20)15(21)16(18)22)17(24-26-19(2,3)4)12-6-8-23-9-7-12/h5,11-12,23H,1,6-10H2,2-4H3/b24-17+. The minimum absolute atomic E-state index is 0.0604. The summed E-state index contributed by atoms with van der Waals surface area (Å²) >= 11 is 13.7. The summed E-state index contributed by atoms with van der Waals surface area (Å²) in [7, 11) is 0. The lowest BCUT2D eigenvalue weighted by Crippen LogP contribution is -2.32. The molecule has 7 heteroatoms. The van der Waals surface area contributed by atoms with Gasteiger partial charge in [0.2, 0.25) is 0 Å². The molecular weight excluding hydrogens is 394 g/mol. The minimum Gasteiger partial charge on any atom is -0.486 e. The van der Waals surface area contributed by atoms with E-state index in [2.05, 4.69) is 32.7 Å². The van der Waals surface area contributed by atoms with Crippen LogP contribution < -0.4 is 10.1 Å². The van der Waals surface area contributed by atoms with E-state index < -0.39 is 5.82 Å². The van der Waals surface area contributed by atoms with Crippen molar-refractivity contribution < 1.29 is 9.13 Å². The second-order valence-electron chi connectivity index (χ2n) is 7.17. The summed E-state index contributed by atoms with van der Waals surface area (Å²) in [5, 5.41) is 3.37. The Morgan fingerprint density at radius 2 is 2.08 bits per heavy atom. The Hall–Kier alpha value is -0.750. The van der Waals surface area contributed by atoms with Crippen molar-refractivity contribution in [1.82, 2.24) is 5.32 Å². The molecule has 0 aromatic heterocycles. The summed E-state index contributed by atoms with van der Waals surface area (Å²) in [6.07, 6.45) is 3.41. The molecule has 1 N–H and O–H groups in total. The predicted octanol–water partition coefficient (Wildman–Crippen LogP) is 5.93. The lowest BCUT2D eigenvalue weighted by atomic mass is 9.88. The molecule has 1 aromatic rings. The minimum atomic E-state index is -0.654. The van der Waals surface area contributed by atoms with E-state index in [1.165, 1.54) is 11.9 Å². The number of benzene rings is 1. The van der Waals surface area contributed by atoms with E-state index in [4.69, 9.17) is 32.3 Å². The largest absolute Gasteiger partial charge is 0.486 e. The van der Waals surface area contributed by atoms with E-state index in [-0.39, 0.29) is 33.1 Å². The van der Waals surface area contributed by atoms with Gasteiger partial charge in [0.15, 0.2) is 11.6 Å². The maximum absolute atomic E-state index is 14.8. The highest BCUT2D eigenvalue weighted by atomic mass is 35.5. The number of halogens is 3. The quantitative estimate of drug-likeness (QED) is 0.268. The van der Waals surface area contributed by atoms with Crippen molar-refractivity contribution in [2.75, 3.05) is 19.7 Å². The molecular formula is C19H25Cl2FN2OS. The van der Waals surface area contributed by atoms with Gasteiger partial charge in [-0.05, 0) is 64.7 Å². The summed E-state index contributed by atoms with van der Waals surface area (Å²) in [6, 6.07) is 1.66. The van der Waals surface area contributed by atoms with Crippen LogP contribution >= 0.6 is 35.1 Å². The van der Waals surface area contributed by atoms with Crippen molar-refractivity contribution in [3.63, 3.8) is 0 Å². The van der Waals surface area contributed by atoms with Gasteiger partial charge in [0, 0.05) is 16.2 Å². The molecule has 1 fully saturated rings. The highest BCUT2D eigenvalue weighted by Gasteiger charge is 2.28. The lowest BCUT2D eigenvalue weighted by Gasteiger charge is -2.27. The lowest BCUT2D eigenvalue weighted by molar-refractivity contribution is 0.340. The third-order valence-electron chi connectivity index (χ3n) is 3.88. The average Bonchev–Trinajstić information content (AvgIpc) is 2.59. The van der Waals surface area contributed by atoms with Gasteiger partial charge >= 0.3 is 0 Å². The van der Waals surface area contributed by atoms with Crippen LogP contribution in [0, 0.1) is 11.7 Å². The SMILES string of the molecule is C=CCOc1c(/C(=N/SC(C)(C)C)C2CCNCC2)cc(Cl)c(Cl)c1F. The first-order valence-corrected chi connectivity index (χ1v) is 10.2. The van der Waals surface area contributed by atoms with Gasteiger partial charge in [0.05, 0.1) is 15.8 Å². The Kier molecular flexibility index (Phi) is 7.83.